The molecule has 0 bridgehead atoms. The van der Waals surface area contributed by atoms with Crippen LogP contribution in [0.25, 0.3) is 0 Å². The monoisotopic (exact) mass is 387 g/mol. The zero-order valence-electron chi connectivity index (χ0n) is 15.7. The predicted molar refractivity (Wildman–Crippen MR) is 107 cm³/mol. The minimum absolute atomic E-state index is 0.0490. The Balaban J connectivity index is 1.46. The van der Waals surface area contributed by atoms with Crippen LogP contribution >= 0.6 is 11.3 Å². The molecular weight excluding hydrogens is 362 g/mol. The Morgan fingerprint density at radius 1 is 1.33 bits per heavy atom. The Kier molecular flexibility index (Phi) is 6.39. The highest BCUT2D eigenvalue weighted by Gasteiger charge is 2.25. The van der Waals surface area contributed by atoms with Crippen molar-refractivity contribution in [3.05, 3.63) is 35.9 Å². The highest BCUT2D eigenvalue weighted by molar-refractivity contribution is 7.19. The van der Waals surface area contributed by atoms with E-state index in [1.165, 1.54) is 16.9 Å². The van der Waals surface area contributed by atoms with Crippen LogP contribution in [-0.2, 0) is 16.0 Å². The zero-order valence-corrected chi connectivity index (χ0v) is 16.5. The largest absolute Gasteiger partial charge is 0.352 e. The standard InChI is InChI=1S/C19H25N5O2S/c1-14(10-11-15-7-4-3-5-8-15)20-16(25)13-23(2)18-21-22-19(27-18)24-12-6-9-17(24)26/h3-5,7-8,14H,6,9-13H2,1-2H3,(H,20,25)/t14-/m0/s1. The van der Waals surface area contributed by atoms with Gasteiger partial charge in [0.25, 0.3) is 0 Å². The lowest BCUT2D eigenvalue weighted by atomic mass is 10.1. The van der Waals surface area contributed by atoms with E-state index in [1.807, 2.05) is 32.2 Å². The fraction of sp³-hybridized carbons (Fsp3) is 0.474. The maximum absolute atomic E-state index is 12.3. The average molecular weight is 388 g/mol. The van der Waals surface area contributed by atoms with Gasteiger partial charge >= 0.3 is 0 Å². The molecule has 1 aliphatic heterocycles. The van der Waals surface area contributed by atoms with Gasteiger partial charge in [0.1, 0.15) is 0 Å². The number of hydrogen-bond donors (Lipinski definition) is 1. The van der Waals surface area contributed by atoms with Crippen LogP contribution in [-0.4, -0.2) is 48.2 Å². The minimum Gasteiger partial charge on any atom is -0.352 e. The van der Waals surface area contributed by atoms with Crippen LogP contribution in [0.1, 0.15) is 31.7 Å². The van der Waals surface area contributed by atoms with E-state index in [2.05, 4.69) is 27.6 Å². The molecule has 3 rings (SSSR count). The Labute approximate surface area is 163 Å². The number of carbonyl (C=O) groups is 2. The maximum atomic E-state index is 12.3. The van der Waals surface area contributed by atoms with Crippen molar-refractivity contribution in [1.29, 1.82) is 0 Å². The van der Waals surface area contributed by atoms with Crippen molar-refractivity contribution < 1.29 is 9.59 Å². The number of aryl methyl sites for hydroxylation is 1. The van der Waals surface area contributed by atoms with Crippen molar-refractivity contribution in [2.45, 2.75) is 38.6 Å². The van der Waals surface area contributed by atoms with Crippen LogP contribution < -0.4 is 15.1 Å². The molecule has 2 aromatic rings. The number of carbonyl (C=O) groups excluding carboxylic acids is 2. The molecule has 2 heterocycles. The number of aromatic nitrogens is 2. The summed E-state index contributed by atoms with van der Waals surface area (Å²) in [5.41, 5.74) is 1.27. The van der Waals surface area contributed by atoms with Gasteiger partial charge < -0.3 is 10.2 Å². The summed E-state index contributed by atoms with van der Waals surface area (Å²) in [7, 11) is 1.81. The zero-order chi connectivity index (χ0) is 19.2. The van der Waals surface area contributed by atoms with E-state index in [4.69, 9.17) is 0 Å². The summed E-state index contributed by atoms with van der Waals surface area (Å²) >= 11 is 1.34. The minimum atomic E-state index is -0.0490. The van der Waals surface area contributed by atoms with Gasteiger partial charge in [-0.15, -0.1) is 10.2 Å². The molecule has 1 aromatic carbocycles. The quantitative estimate of drug-likeness (QED) is 0.752. The number of benzene rings is 1. The van der Waals surface area contributed by atoms with Gasteiger partial charge in [-0.2, -0.15) is 0 Å². The van der Waals surface area contributed by atoms with E-state index in [0.29, 0.717) is 23.2 Å². The number of likely N-dealkylation sites (N-methyl/N-ethyl adjacent to an activating group) is 1. The van der Waals surface area contributed by atoms with Crippen LogP contribution in [0.4, 0.5) is 10.3 Å². The molecule has 0 spiro atoms. The van der Waals surface area contributed by atoms with Crippen LogP contribution in [0.15, 0.2) is 30.3 Å². The Morgan fingerprint density at radius 2 is 2.11 bits per heavy atom. The van der Waals surface area contributed by atoms with Gasteiger partial charge in [-0.05, 0) is 31.7 Å². The second kappa shape index (κ2) is 8.94. The number of amides is 2. The normalized spacial score (nSPS) is 15.0. The van der Waals surface area contributed by atoms with E-state index in [0.717, 1.165) is 19.3 Å². The fourth-order valence-corrected chi connectivity index (χ4v) is 3.88. The summed E-state index contributed by atoms with van der Waals surface area (Å²) in [6, 6.07) is 10.3. The summed E-state index contributed by atoms with van der Waals surface area (Å²) in [6.45, 7) is 2.91. The van der Waals surface area contributed by atoms with Crippen molar-refractivity contribution in [1.82, 2.24) is 15.5 Å². The molecule has 2 amide bonds. The SMILES string of the molecule is C[C@@H](CCc1ccccc1)NC(=O)CN(C)c1nnc(N2CCCC2=O)s1. The van der Waals surface area contributed by atoms with Gasteiger partial charge in [0.2, 0.25) is 22.1 Å². The van der Waals surface area contributed by atoms with Gasteiger partial charge in [-0.1, -0.05) is 41.7 Å². The second-order valence-corrected chi connectivity index (χ2v) is 7.80. The molecule has 1 aliphatic rings. The molecule has 8 heteroatoms. The number of hydrogen-bond acceptors (Lipinski definition) is 6. The first-order valence-corrected chi connectivity index (χ1v) is 10.0. The highest BCUT2D eigenvalue weighted by atomic mass is 32.1. The topological polar surface area (TPSA) is 78.4 Å². The number of nitrogens with one attached hydrogen (secondary N) is 1. The van der Waals surface area contributed by atoms with Crippen molar-refractivity contribution in [3.8, 4) is 0 Å². The van der Waals surface area contributed by atoms with E-state index in [1.54, 1.807) is 9.80 Å². The average Bonchev–Trinajstić information content (AvgIpc) is 3.29. The summed E-state index contributed by atoms with van der Waals surface area (Å²) in [4.78, 5) is 27.5. The lowest BCUT2D eigenvalue weighted by molar-refractivity contribution is -0.120. The summed E-state index contributed by atoms with van der Waals surface area (Å²) < 4.78 is 0. The molecule has 1 fully saturated rings. The van der Waals surface area contributed by atoms with Crippen molar-refractivity contribution in [3.63, 3.8) is 0 Å². The Morgan fingerprint density at radius 3 is 2.81 bits per heavy atom. The van der Waals surface area contributed by atoms with Crippen LogP contribution in [0, 0.1) is 0 Å². The van der Waals surface area contributed by atoms with Crippen molar-refractivity contribution in [2.75, 3.05) is 29.9 Å². The molecule has 1 aromatic heterocycles. The third-order valence-electron chi connectivity index (χ3n) is 4.53. The molecule has 1 atom stereocenters. The number of nitrogens with zero attached hydrogens (tertiary/aromatic N) is 4. The molecule has 144 valence electrons. The second-order valence-electron chi connectivity index (χ2n) is 6.87. The Bertz CT molecular complexity index is 779. The van der Waals surface area contributed by atoms with E-state index < -0.39 is 0 Å². The van der Waals surface area contributed by atoms with Gasteiger partial charge in [-0.25, -0.2) is 0 Å². The third kappa shape index (κ3) is 5.26. The highest BCUT2D eigenvalue weighted by Crippen LogP contribution is 2.29. The first-order valence-electron chi connectivity index (χ1n) is 9.21. The molecule has 0 aliphatic carbocycles. The predicted octanol–water partition coefficient (Wildman–Crippen LogP) is 2.24. The van der Waals surface area contributed by atoms with Gasteiger partial charge in [-0.3, -0.25) is 14.5 Å². The molecular formula is C19H25N5O2S. The van der Waals surface area contributed by atoms with Gasteiger partial charge in [0.05, 0.1) is 6.54 Å². The maximum Gasteiger partial charge on any atom is 0.239 e. The molecule has 0 unspecified atom stereocenters. The first-order chi connectivity index (χ1) is 13.0. The van der Waals surface area contributed by atoms with Gasteiger partial charge in [0, 0.05) is 26.1 Å². The molecule has 27 heavy (non-hydrogen) atoms. The van der Waals surface area contributed by atoms with E-state index >= 15 is 0 Å². The Hall–Kier alpha value is -2.48. The van der Waals surface area contributed by atoms with E-state index in [-0.39, 0.29) is 24.4 Å². The lowest BCUT2D eigenvalue weighted by Crippen LogP contribution is -2.40. The van der Waals surface area contributed by atoms with Crippen molar-refractivity contribution in [2.24, 2.45) is 0 Å². The van der Waals surface area contributed by atoms with Crippen LogP contribution in [0.5, 0.6) is 0 Å². The van der Waals surface area contributed by atoms with E-state index in [9.17, 15) is 9.59 Å². The lowest BCUT2D eigenvalue weighted by Gasteiger charge is -2.18. The number of anilines is 2. The molecule has 1 N–H and O–H groups in total. The molecule has 0 radical (unpaired) electrons. The molecule has 1 saturated heterocycles. The van der Waals surface area contributed by atoms with Crippen LogP contribution in [0.2, 0.25) is 0 Å². The van der Waals surface area contributed by atoms with Crippen molar-refractivity contribution >= 4 is 33.4 Å². The number of rotatable bonds is 8. The summed E-state index contributed by atoms with van der Waals surface area (Å²) in [6.07, 6.45) is 3.24. The summed E-state index contributed by atoms with van der Waals surface area (Å²) in [5.74, 6) is 0.0393. The van der Waals surface area contributed by atoms with Gasteiger partial charge in [0.15, 0.2) is 0 Å². The third-order valence-corrected chi connectivity index (χ3v) is 5.59. The summed E-state index contributed by atoms with van der Waals surface area (Å²) in [5, 5.41) is 12.5. The van der Waals surface area contributed by atoms with Crippen LogP contribution in [0.3, 0.4) is 0 Å². The fourth-order valence-electron chi connectivity index (χ4n) is 3.03. The molecule has 0 saturated carbocycles. The smallest absolute Gasteiger partial charge is 0.239 e. The molecule has 7 nitrogen and oxygen atoms in total. The first kappa shape index (κ1) is 19.3.